The van der Waals surface area contributed by atoms with Crippen LogP contribution in [0.1, 0.15) is 259 Å². The van der Waals surface area contributed by atoms with E-state index in [1.165, 1.54) is 143 Å². The molecular weight excluding hydrogens is 943 g/mol. The average Bonchev–Trinajstić information content (AvgIpc) is 3.75. The first kappa shape index (κ1) is 77.3. The molecule has 9 nitrogen and oxygen atoms in total. The van der Waals surface area contributed by atoms with Gasteiger partial charge in [-0.25, -0.2) is 0 Å². The molecule has 3 rings (SSSR count). The Bertz CT molecular complexity index is 1930. The molecule has 2 amide bonds. The molecule has 1 aromatic rings. The van der Waals surface area contributed by atoms with Crippen LogP contribution < -0.4 is 11.1 Å². The van der Waals surface area contributed by atoms with Crippen LogP contribution in [0.2, 0.25) is 0 Å². The third kappa shape index (κ3) is 36.0. The molecule has 2 unspecified atom stereocenters. The van der Waals surface area contributed by atoms with Gasteiger partial charge in [0.05, 0.1) is 11.6 Å². The van der Waals surface area contributed by atoms with E-state index in [0.717, 1.165) is 55.6 Å². The number of anilines is 1. The molecule has 9 heteroatoms. The van der Waals surface area contributed by atoms with Gasteiger partial charge in [-0.3, -0.25) is 19.2 Å². The molecule has 76 heavy (non-hydrogen) atoms. The lowest BCUT2D eigenvalue weighted by atomic mass is 9.89. The van der Waals surface area contributed by atoms with Gasteiger partial charge in [-0.05, 0) is 103 Å². The Morgan fingerprint density at radius 3 is 1.83 bits per heavy atom. The number of nitrogen functional groups attached to an aromatic ring is 1. The van der Waals surface area contributed by atoms with E-state index in [1.54, 1.807) is 19.1 Å². The molecule has 2 aliphatic rings. The van der Waals surface area contributed by atoms with Crippen molar-refractivity contribution < 1.29 is 28.8 Å². The minimum Gasteiger partial charge on any atom is -0.398 e. The first-order valence-corrected chi connectivity index (χ1v) is 29.4. The highest BCUT2D eigenvalue weighted by molar-refractivity contribution is 6.07. The van der Waals surface area contributed by atoms with Crippen LogP contribution in [0.4, 0.5) is 5.69 Å². The fourth-order valence-corrected chi connectivity index (χ4v) is 8.34. The minimum atomic E-state index is -0.774. The summed E-state index contributed by atoms with van der Waals surface area (Å²) in [6, 6.07) is 3.78. The van der Waals surface area contributed by atoms with Crippen molar-refractivity contribution in [2.24, 2.45) is 11.8 Å². The summed E-state index contributed by atoms with van der Waals surface area (Å²) in [7, 11) is 2.93. The van der Waals surface area contributed by atoms with Crippen molar-refractivity contribution in [2.45, 2.75) is 244 Å². The summed E-state index contributed by atoms with van der Waals surface area (Å²) < 4.78 is 0. The van der Waals surface area contributed by atoms with Gasteiger partial charge in [-0.1, -0.05) is 218 Å². The van der Waals surface area contributed by atoms with E-state index in [-0.39, 0.29) is 47.3 Å². The van der Waals surface area contributed by atoms with Gasteiger partial charge in [0.25, 0.3) is 5.91 Å². The van der Waals surface area contributed by atoms with Gasteiger partial charge in [0.2, 0.25) is 5.91 Å². The van der Waals surface area contributed by atoms with Crippen LogP contribution in [0.3, 0.4) is 0 Å². The molecule has 2 aliphatic carbocycles. The number of benzene rings is 1. The minimum absolute atomic E-state index is 0.0477. The maximum absolute atomic E-state index is 13.5. The predicted molar refractivity (Wildman–Crippen MR) is 330 cm³/mol. The van der Waals surface area contributed by atoms with Gasteiger partial charge in [0.15, 0.2) is 12.1 Å². The molecule has 0 spiro atoms. The van der Waals surface area contributed by atoms with Crippen LogP contribution in [0, 0.1) is 11.8 Å². The van der Waals surface area contributed by atoms with E-state index in [4.69, 9.17) is 5.73 Å². The Morgan fingerprint density at radius 2 is 1.36 bits per heavy atom. The predicted octanol–water partition coefficient (Wildman–Crippen LogP) is 18.0. The Hall–Kier alpha value is -5.18. The third-order valence-electron chi connectivity index (χ3n) is 12.9. The Labute approximate surface area is 467 Å². The van der Waals surface area contributed by atoms with Gasteiger partial charge >= 0.3 is 0 Å². The van der Waals surface area contributed by atoms with Crippen LogP contribution in [-0.4, -0.2) is 61.0 Å². The first-order valence-electron chi connectivity index (χ1n) is 29.4. The van der Waals surface area contributed by atoms with E-state index in [2.05, 4.69) is 85.2 Å². The smallest absolute Gasteiger partial charge is 0.257 e. The van der Waals surface area contributed by atoms with Crippen LogP contribution in [0.15, 0.2) is 101 Å². The molecule has 0 heterocycles. The lowest BCUT2D eigenvalue weighted by molar-refractivity contribution is -0.121. The molecule has 432 valence electrons. The van der Waals surface area contributed by atoms with Gasteiger partial charge in [-0.15, -0.1) is 6.58 Å². The van der Waals surface area contributed by atoms with Crippen molar-refractivity contribution in [1.82, 2.24) is 10.2 Å². The Balaban J connectivity index is -0.000000487. The Morgan fingerprint density at radius 1 is 0.803 bits per heavy atom. The van der Waals surface area contributed by atoms with E-state index < -0.39 is 11.9 Å². The zero-order chi connectivity index (χ0) is 58.9. The lowest BCUT2D eigenvalue weighted by Crippen LogP contribution is -2.39. The molecule has 1 saturated carbocycles. The van der Waals surface area contributed by atoms with Gasteiger partial charge in [-0.2, -0.15) is 0 Å². The second kappa shape index (κ2) is 51.9. The molecule has 2 atom stereocenters. The number of likely N-dealkylation sites (N-methyl/N-ethyl adjacent to an activating group) is 1. The summed E-state index contributed by atoms with van der Waals surface area (Å²) in [5.74, 6) is 0.575. The summed E-state index contributed by atoms with van der Waals surface area (Å²) in [5.41, 5.74) is 13.2. The summed E-state index contributed by atoms with van der Waals surface area (Å²) >= 11 is 0. The molecule has 3 N–H and O–H groups in total. The summed E-state index contributed by atoms with van der Waals surface area (Å²) in [4.78, 5) is 71.2. The van der Waals surface area contributed by atoms with Crippen molar-refractivity contribution in [2.75, 3.05) is 19.8 Å². The molecular formula is C67H113N3O6. The maximum atomic E-state index is 13.5. The normalized spacial score (nSPS) is 14.5. The number of hydrogen-bond acceptors (Lipinski definition) is 7. The molecule has 0 radical (unpaired) electrons. The van der Waals surface area contributed by atoms with E-state index in [0.29, 0.717) is 18.4 Å². The highest BCUT2D eigenvalue weighted by Gasteiger charge is 2.34. The van der Waals surface area contributed by atoms with Crippen LogP contribution in [-0.2, 0) is 19.2 Å². The van der Waals surface area contributed by atoms with E-state index in [9.17, 15) is 28.8 Å². The van der Waals surface area contributed by atoms with Crippen molar-refractivity contribution in [3.8, 4) is 0 Å². The average molecular weight is 1060 g/mol. The maximum Gasteiger partial charge on any atom is 0.257 e. The van der Waals surface area contributed by atoms with Crippen molar-refractivity contribution in [1.29, 1.82) is 0 Å². The zero-order valence-corrected chi connectivity index (χ0v) is 51.5. The van der Waals surface area contributed by atoms with Crippen LogP contribution >= 0.6 is 0 Å². The van der Waals surface area contributed by atoms with Gasteiger partial charge < -0.3 is 25.5 Å². The number of carbonyl (C=O) groups is 6. The zero-order valence-electron chi connectivity index (χ0n) is 51.5. The van der Waals surface area contributed by atoms with Crippen LogP contribution in [0.5, 0.6) is 0 Å². The largest absolute Gasteiger partial charge is 0.398 e. The molecule has 1 aromatic carbocycles. The number of rotatable bonds is 26. The molecule has 0 bridgehead atoms. The number of unbranched alkanes of at least 4 members (excludes halogenated alkanes) is 6. The quantitative estimate of drug-likeness (QED) is 0.0309. The van der Waals surface area contributed by atoms with E-state index in [1.807, 2.05) is 53.7 Å². The lowest BCUT2D eigenvalue weighted by Gasteiger charge is -2.24. The monoisotopic (exact) mass is 1060 g/mol. The highest BCUT2D eigenvalue weighted by atomic mass is 16.2. The SMILES string of the molecule is C1CCCCC1.C=C(CC)C1=C(/C=C(\C)CCCCC(C)C)C(=O)C(\C(C)=C(/C=C\C=C/C)CC)C1.C=CC.CC.CC.CCCCCCCCC(C)=O.CNC(=O)CCC(C=O)N(C)C(=O)c1c(N)cccc1C=O. The topological polar surface area (TPSA) is 144 Å². The number of nitrogens with two attached hydrogens (primary N) is 1. The number of ketones is 2. The van der Waals surface area contributed by atoms with E-state index >= 15 is 0 Å². The number of nitrogens with zero attached hydrogens (tertiary/aromatic N) is 1. The standard InChI is InChI=1S/C29H44O.C15H19N3O4.C10H20O.C6H12.C3H6.2C2H6/c1-9-12-13-18-25(11-3)24(8)27-20-26(23(7)10-2)28(29(27)30)19-22(6)17-15-14-16-21(4)5;1-17-13(21)7-6-11(9-20)18(2)15(22)14-10(8-19)4-3-5-12(14)16;1-3-4-5-6-7-8-9-10(2)11;1-2-4-6-5-3-1;1-3-2;2*1-2/h9,12-13,18-19,21,27H,7,10-11,14-17,20H2,1-6,8H3;3-5,8-9,11H,6-7,16H2,1-2H3,(H,17,21);3-9H2,1-2H3;1-6H2;3H,1H2,2H3;2*1-2H3/b12-9-,18-13-,22-19+,25-24-;;;;;;. The second-order valence-corrected chi connectivity index (χ2v) is 19.6. The Kier molecular flexibility index (Phi) is 52.8. The van der Waals surface area contributed by atoms with Gasteiger partial charge in [0.1, 0.15) is 12.1 Å². The fraction of sp³-hybridized carbons (Fsp3) is 0.612. The highest BCUT2D eigenvalue weighted by Crippen LogP contribution is 2.40. The summed E-state index contributed by atoms with van der Waals surface area (Å²) in [6.45, 7) is 36.6. The molecule has 0 aromatic heterocycles. The number of aldehydes is 2. The number of nitrogens with one attached hydrogen (secondary N) is 1. The summed E-state index contributed by atoms with van der Waals surface area (Å²) in [6.07, 6.45) is 38.5. The number of carbonyl (C=O) groups excluding carboxylic acids is 6. The summed E-state index contributed by atoms with van der Waals surface area (Å²) in [5, 5.41) is 2.45. The molecule has 0 saturated heterocycles. The third-order valence-corrected chi connectivity index (χ3v) is 12.9. The number of Topliss-reactive ketones (excluding diaryl/α,β-unsaturated/α-hetero) is 2. The fourth-order valence-electron chi connectivity index (χ4n) is 8.34. The van der Waals surface area contributed by atoms with Crippen LogP contribution in [0.25, 0.3) is 0 Å². The van der Waals surface area contributed by atoms with Crippen molar-refractivity contribution in [3.63, 3.8) is 0 Å². The van der Waals surface area contributed by atoms with Crippen molar-refractivity contribution in [3.05, 3.63) is 112 Å². The van der Waals surface area contributed by atoms with Gasteiger partial charge in [0, 0.05) is 49.7 Å². The first-order chi connectivity index (χ1) is 36.4. The molecule has 0 aliphatic heterocycles. The number of amides is 2. The second-order valence-electron chi connectivity index (χ2n) is 19.6. The van der Waals surface area contributed by atoms with Crippen molar-refractivity contribution >= 4 is 41.6 Å². The molecule has 1 fully saturated rings. The number of allylic oxidation sites excluding steroid dienone is 12. The number of hydrogen-bond donors (Lipinski definition) is 2.